The van der Waals surface area contributed by atoms with Crippen LogP contribution < -0.4 is 5.32 Å². The Hall–Kier alpha value is -2.36. The van der Waals surface area contributed by atoms with Gasteiger partial charge in [-0.05, 0) is 29.3 Å². The van der Waals surface area contributed by atoms with Crippen LogP contribution in [-0.4, -0.2) is 22.3 Å². The van der Waals surface area contributed by atoms with Gasteiger partial charge in [0.1, 0.15) is 6.17 Å². The molecule has 3 nitrogen and oxygen atoms in total. The molecule has 0 radical (unpaired) electrons. The topological polar surface area (TPSA) is 45.1 Å². The van der Waals surface area contributed by atoms with Crippen LogP contribution in [0.15, 0.2) is 42.6 Å². The van der Waals surface area contributed by atoms with Crippen molar-refractivity contribution in [2.24, 2.45) is 0 Å². The zero-order valence-electron chi connectivity index (χ0n) is 10.8. The second-order valence-corrected chi connectivity index (χ2v) is 4.91. The van der Waals surface area contributed by atoms with Crippen molar-refractivity contribution in [2.45, 2.75) is 18.6 Å². The van der Waals surface area contributed by atoms with Gasteiger partial charge in [-0.25, -0.2) is 9.37 Å². The number of pyridine rings is 1. The lowest BCUT2D eigenvalue weighted by Gasteiger charge is -2.04. The van der Waals surface area contributed by atoms with Gasteiger partial charge in [-0.3, -0.25) is 0 Å². The van der Waals surface area contributed by atoms with Crippen LogP contribution in [-0.2, 0) is 0 Å². The standard InChI is InChI=1S/C16H15FN2O/c17-14-9-15(14)19-13-6-3-11(4-7-13)1-2-12-5-8-16(20)18-10-12/h1-8,10,14-15,19H,9H2,(H,18,20)/b2-1+. The van der Waals surface area contributed by atoms with Crippen molar-refractivity contribution in [1.82, 2.24) is 4.98 Å². The summed E-state index contributed by atoms with van der Waals surface area (Å²) < 4.78 is 12.8. The highest BCUT2D eigenvalue weighted by Gasteiger charge is 2.37. The molecule has 2 N–H and O–H groups in total. The number of anilines is 1. The van der Waals surface area contributed by atoms with E-state index in [9.17, 15) is 4.39 Å². The van der Waals surface area contributed by atoms with E-state index >= 15 is 0 Å². The first kappa shape index (κ1) is 12.7. The summed E-state index contributed by atoms with van der Waals surface area (Å²) in [6.07, 6.45) is 5.41. The second kappa shape index (κ2) is 5.33. The van der Waals surface area contributed by atoms with Crippen molar-refractivity contribution in [3.05, 3.63) is 53.7 Å². The Bertz CT molecular complexity index is 607. The number of aromatic nitrogens is 1. The lowest BCUT2D eigenvalue weighted by molar-refractivity contribution is 0.453. The van der Waals surface area contributed by atoms with Crippen molar-refractivity contribution >= 4 is 17.8 Å². The number of aromatic hydroxyl groups is 1. The molecule has 1 aromatic carbocycles. The Kier molecular flexibility index (Phi) is 3.37. The number of nitrogens with zero attached hydrogens (tertiary/aromatic N) is 1. The van der Waals surface area contributed by atoms with Crippen molar-refractivity contribution < 1.29 is 9.50 Å². The number of rotatable bonds is 4. The maximum atomic E-state index is 12.8. The number of hydrogen-bond acceptors (Lipinski definition) is 3. The monoisotopic (exact) mass is 270 g/mol. The number of halogens is 1. The summed E-state index contributed by atoms with van der Waals surface area (Å²) in [5.74, 6) is 0.0174. The summed E-state index contributed by atoms with van der Waals surface area (Å²) in [7, 11) is 0. The Morgan fingerprint density at radius 3 is 2.35 bits per heavy atom. The summed E-state index contributed by atoms with van der Waals surface area (Å²) in [5.41, 5.74) is 2.91. The number of alkyl halides is 1. The van der Waals surface area contributed by atoms with E-state index in [2.05, 4.69) is 10.3 Å². The van der Waals surface area contributed by atoms with E-state index in [1.807, 2.05) is 36.4 Å². The second-order valence-electron chi connectivity index (χ2n) is 4.91. The third kappa shape index (κ3) is 3.15. The van der Waals surface area contributed by atoms with Gasteiger partial charge in [0.2, 0.25) is 5.88 Å². The molecule has 4 heteroatoms. The van der Waals surface area contributed by atoms with Crippen molar-refractivity contribution in [2.75, 3.05) is 5.32 Å². The van der Waals surface area contributed by atoms with Crippen LogP contribution >= 0.6 is 0 Å². The molecule has 0 bridgehead atoms. The molecule has 1 heterocycles. The highest BCUT2D eigenvalue weighted by Crippen LogP contribution is 2.29. The van der Waals surface area contributed by atoms with E-state index in [0.717, 1.165) is 16.8 Å². The predicted molar refractivity (Wildman–Crippen MR) is 78.2 cm³/mol. The minimum Gasteiger partial charge on any atom is -0.493 e. The van der Waals surface area contributed by atoms with Crippen LogP contribution in [0.25, 0.3) is 12.2 Å². The highest BCUT2D eigenvalue weighted by atomic mass is 19.1. The van der Waals surface area contributed by atoms with Crippen LogP contribution in [0.5, 0.6) is 5.88 Å². The van der Waals surface area contributed by atoms with Gasteiger partial charge in [-0.15, -0.1) is 0 Å². The molecule has 1 saturated carbocycles. The van der Waals surface area contributed by atoms with E-state index in [-0.39, 0.29) is 11.9 Å². The summed E-state index contributed by atoms with van der Waals surface area (Å²) >= 11 is 0. The van der Waals surface area contributed by atoms with Gasteiger partial charge in [0.25, 0.3) is 0 Å². The van der Waals surface area contributed by atoms with Crippen molar-refractivity contribution in [3.63, 3.8) is 0 Å². The fourth-order valence-corrected chi connectivity index (χ4v) is 1.91. The summed E-state index contributed by atoms with van der Waals surface area (Å²) in [6.45, 7) is 0. The first-order valence-corrected chi connectivity index (χ1v) is 6.54. The molecule has 2 atom stereocenters. The molecule has 2 aromatic rings. The van der Waals surface area contributed by atoms with Crippen LogP contribution in [0.4, 0.5) is 10.1 Å². The van der Waals surface area contributed by atoms with Gasteiger partial charge >= 0.3 is 0 Å². The van der Waals surface area contributed by atoms with Gasteiger partial charge in [0, 0.05) is 24.4 Å². The largest absolute Gasteiger partial charge is 0.493 e. The minimum absolute atomic E-state index is 0.0144. The lowest BCUT2D eigenvalue weighted by Crippen LogP contribution is -2.03. The maximum absolute atomic E-state index is 12.8. The SMILES string of the molecule is Oc1ccc(/C=C/c2ccc(NC3CC3F)cc2)cn1. The fourth-order valence-electron chi connectivity index (χ4n) is 1.91. The van der Waals surface area contributed by atoms with Crippen LogP contribution in [0.2, 0.25) is 0 Å². The van der Waals surface area contributed by atoms with Gasteiger partial charge < -0.3 is 10.4 Å². The fraction of sp³-hybridized carbons (Fsp3) is 0.188. The molecule has 0 saturated heterocycles. The smallest absolute Gasteiger partial charge is 0.210 e. The van der Waals surface area contributed by atoms with Gasteiger partial charge in [-0.1, -0.05) is 24.3 Å². The molecular weight excluding hydrogens is 255 g/mol. The zero-order chi connectivity index (χ0) is 13.9. The quantitative estimate of drug-likeness (QED) is 0.894. The molecule has 1 aliphatic rings. The first-order chi connectivity index (χ1) is 9.70. The van der Waals surface area contributed by atoms with Gasteiger partial charge in [0.05, 0.1) is 6.04 Å². The average Bonchev–Trinajstić information content (AvgIpc) is 3.15. The Morgan fingerprint density at radius 1 is 1.10 bits per heavy atom. The van der Waals surface area contributed by atoms with Crippen molar-refractivity contribution in [1.29, 1.82) is 0 Å². The molecule has 1 fully saturated rings. The minimum atomic E-state index is -0.698. The molecule has 2 unspecified atom stereocenters. The number of benzene rings is 1. The van der Waals surface area contributed by atoms with Gasteiger partial charge in [-0.2, -0.15) is 0 Å². The summed E-state index contributed by atoms with van der Waals surface area (Å²) in [4.78, 5) is 3.81. The Morgan fingerprint density at radius 2 is 1.75 bits per heavy atom. The maximum Gasteiger partial charge on any atom is 0.210 e. The molecule has 3 rings (SSSR count). The zero-order valence-corrected chi connectivity index (χ0v) is 10.8. The third-order valence-corrected chi connectivity index (χ3v) is 3.21. The van der Waals surface area contributed by atoms with E-state index in [4.69, 9.17) is 5.11 Å². The van der Waals surface area contributed by atoms with Crippen LogP contribution in [0.3, 0.4) is 0 Å². The lowest BCUT2D eigenvalue weighted by atomic mass is 10.1. The molecule has 1 aliphatic carbocycles. The first-order valence-electron chi connectivity index (χ1n) is 6.54. The van der Waals surface area contributed by atoms with E-state index in [1.54, 1.807) is 18.3 Å². The number of nitrogens with one attached hydrogen (secondary N) is 1. The Labute approximate surface area is 116 Å². The highest BCUT2D eigenvalue weighted by molar-refractivity contribution is 5.70. The molecule has 0 spiro atoms. The normalized spacial score (nSPS) is 21.1. The van der Waals surface area contributed by atoms with E-state index in [1.165, 1.54) is 0 Å². The molecule has 102 valence electrons. The summed E-state index contributed by atoms with van der Waals surface area (Å²) in [5, 5.41) is 12.2. The number of hydrogen-bond donors (Lipinski definition) is 2. The Balaban J connectivity index is 1.63. The van der Waals surface area contributed by atoms with Crippen LogP contribution in [0.1, 0.15) is 17.5 Å². The molecule has 0 amide bonds. The van der Waals surface area contributed by atoms with E-state index in [0.29, 0.717) is 6.42 Å². The predicted octanol–water partition coefficient (Wildman–Crippen LogP) is 3.48. The van der Waals surface area contributed by atoms with E-state index < -0.39 is 6.17 Å². The molecular formula is C16H15FN2O. The third-order valence-electron chi connectivity index (χ3n) is 3.21. The molecule has 0 aliphatic heterocycles. The van der Waals surface area contributed by atoms with Crippen molar-refractivity contribution in [3.8, 4) is 5.88 Å². The van der Waals surface area contributed by atoms with Gasteiger partial charge in [0.15, 0.2) is 0 Å². The summed E-state index contributed by atoms with van der Waals surface area (Å²) in [6, 6.07) is 11.2. The molecule has 20 heavy (non-hydrogen) atoms. The van der Waals surface area contributed by atoms with Crippen LogP contribution in [0, 0.1) is 0 Å². The molecule has 1 aromatic heterocycles. The average molecular weight is 270 g/mol.